The van der Waals surface area contributed by atoms with Crippen LogP contribution in [0.25, 0.3) is 0 Å². The van der Waals surface area contributed by atoms with E-state index in [1.165, 1.54) is 0 Å². The van der Waals surface area contributed by atoms with Crippen molar-refractivity contribution in [1.29, 1.82) is 0 Å². The molecule has 6 nitrogen and oxygen atoms in total. The standard InChI is InChI=1S/C3H4O3.C3H6O3/c1-2(4)3(5)6;4-2-1-3(5)6/h1H3,(H,5,6);4H,1-2H2,(H,5,6). The Bertz CT molecular complexity index is 161. The third kappa shape index (κ3) is 15.8. The molecule has 70 valence electrons. The fourth-order valence-electron chi connectivity index (χ4n) is 0.0956. The highest BCUT2D eigenvalue weighted by Gasteiger charge is 1.98. The van der Waals surface area contributed by atoms with Crippen LogP contribution < -0.4 is 0 Å². The molecule has 0 saturated carbocycles. The Morgan fingerprint density at radius 3 is 1.50 bits per heavy atom. The number of aliphatic carboxylic acids is 2. The molecule has 0 rings (SSSR count). The average Bonchev–Trinajstić information content (AvgIpc) is 1.87. The zero-order valence-corrected chi connectivity index (χ0v) is 6.48. The van der Waals surface area contributed by atoms with Gasteiger partial charge in [0, 0.05) is 6.92 Å². The van der Waals surface area contributed by atoms with Crippen LogP contribution in [-0.4, -0.2) is 39.6 Å². The fraction of sp³-hybridized carbons (Fsp3) is 0.500. The summed E-state index contributed by atoms with van der Waals surface area (Å²) in [6.07, 6.45) is -0.153. The van der Waals surface area contributed by atoms with E-state index in [0.717, 1.165) is 6.92 Å². The summed E-state index contributed by atoms with van der Waals surface area (Å²) in [4.78, 5) is 28.3. The molecule has 0 aliphatic carbocycles. The van der Waals surface area contributed by atoms with Crippen molar-refractivity contribution < 1.29 is 29.7 Å². The van der Waals surface area contributed by atoms with E-state index in [1.54, 1.807) is 0 Å². The number of Topliss-reactive ketones (excluding diaryl/α,β-unsaturated/α-hetero) is 1. The summed E-state index contributed by atoms with van der Waals surface area (Å²) in [7, 11) is 0. The average molecular weight is 178 g/mol. The summed E-state index contributed by atoms with van der Waals surface area (Å²) in [5, 5.41) is 23.3. The van der Waals surface area contributed by atoms with Crippen LogP contribution in [0, 0.1) is 0 Å². The monoisotopic (exact) mass is 178 g/mol. The van der Waals surface area contributed by atoms with Crippen LogP contribution in [0.4, 0.5) is 0 Å². The Balaban J connectivity index is 0. The van der Waals surface area contributed by atoms with Gasteiger partial charge in [-0.15, -0.1) is 0 Å². The first-order valence-corrected chi connectivity index (χ1v) is 2.98. The molecule has 0 aromatic rings. The summed E-state index contributed by atoms with van der Waals surface area (Å²) in [6.45, 7) is 0.734. The number of aliphatic hydroxyl groups excluding tert-OH is 1. The first-order valence-electron chi connectivity index (χ1n) is 2.98. The lowest BCUT2D eigenvalue weighted by atomic mass is 10.5. The summed E-state index contributed by atoms with van der Waals surface area (Å²) in [5.41, 5.74) is 0. The molecule has 0 heterocycles. The van der Waals surface area contributed by atoms with Gasteiger partial charge < -0.3 is 15.3 Å². The van der Waals surface area contributed by atoms with E-state index in [2.05, 4.69) is 0 Å². The van der Waals surface area contributed by atoms with Gasteiger partial charge in [-0.05, 0) is 0 Å². The summed E-state index contributed by atoms with van der Waals surface area (Å²) >= 11 is 0. The SMILES string of the molecule is CC(=O)C(=O)O.O=C(O)CCO. The summed E-state index contributed by atoms with van der Waals surface area (Å²) in [6, 6.07) is 0. The molecule has 3 N–H and O–H groups in total. The van der Waals surface area contributed by atoms with E-state index < -0.39 is 17.7 Å². The normalized spacial score (nSPS) is 7.83. The highest BCUT2D eigenvalue weighted by atomic mass is 16.4. The highest BCUT2D eigenvalue weighted by molar-refractivity contribution is 6.31. The van der Waals surface area contributed by atoms with E-state index in [1.807, 2.05) is 0 Å². The van der Waals surface area contributed by atoms with Crippen molar-refractivity contribution in [1.82, 2.24) is 0 Å². The molecule has 0 amide bonds. The lowest BCUT2D eigenvalue weighted by Crippen LogP contribution is -2.05. The van der Waals surface area contributed by atoms with Crippen molar-refractivity contribution >= 4 is 17.7 Å². The highest BCUT2D eigenvalue weighted by Crippen LogP contribution is 1.70. The van der Waals surface area contributed by atoms with Crippen molar-refractivity contribution in [3.63, 3.8) is 0 Å². The van der Waals surface area contributed by atoms with E-state index >= 15 is 0 Å². The van der Waals surface area contributed by atoms with Gasteiger partial charge in [-0.25, -0.2) is 4.79 Å². The predicted molar refractivity (Wildman–Crippen MR) is 37.7 cm³/mol. The molecular weight excluding hydrogens is 168 g/mol. The van der Waals surface area contributed by atoms with Crippen LogP contribution >= 0.6 is 0 Å². The smallest absolute Gasteiger partial charge is 0.371 e. The zero-order valence-electron chi connectivity index (χ0n) is 6.48. The lowest BCUT2D eigenvalue weighted by Gasteiger charge is -1.79. The molecule has 0 unspecified atom stereocenters. The first kappa shape index (κ1) is 13.2. The second kappa shape index (κ2) is 7.67. The zero-order chi connectivity index (χ0) is 10.1. The first-order chi connectivity index (χ1) is 5.41. The van der Waals surface area contributed by atoms with E-state index in [4.69, 9.17) is 15.3 Å². The van der Waals surface area contributed by atoms with Crippen LogP contribution in [0.5, 0.6) is 0 Å². The molecule has 0 aromatic heterocycles. The van der Waals surface area contributed by atoms with Crippen LogP contribution in [0.1, 0.15) is 13.3 Å². The lowest BCUT2D eigenvalue weighted by molar-refractivity contribution is -0.148. The number of rotatable bonds is 3. The number of aliphatic hydroxyl groups is 1. The van der Waals surface area contributed by atoms with Crippen LogP contribution in [0.15, 0.2) is 0 Å². The van der Waals surface area contributed by atoms with E-state index in [-0.39, 0.29) is 13.0 Å². The molecule has 0 saturated heterocycles. The molecule has 0 aliphatic rings. The van der Waals surface area contributed by atoms with Gasteiger partial charge >= 0.3 is 11.9 Å². The van der Waals surface area contributed by atoms with Crippen LogP contribution in [0.3, 0.4) is 0 Å². The minimum Gasteiger partial charge on any atom is -0.481 e. The minimum atomic E-state index is -1.38. The molecule has 6 heteroatoms. The summed E-state index contributed by atoms with van der Waals surface area (Å²) in [5.74, 6) is -3.16. The largest absolute Gasteiger partial charge is 0.481 e. The second-order valence-electron chi connectivity index (χ2n) is 1.73. The maximum absolute atomic E-state index is 9.54. The molecule has 12 heavy (non-hydrogen) atoms. The van der Waals surface area contributed by atoms with Gasteiger partial charge in [0.05, 0.1) is 13.0 Å². The number of carboxylic acid groups (broad SMARTS) is 2. The second-order valence-corrected chi connectivity index (χ2v) is 1.73. The van der Waals surface area contributed by atoms with Crippen molar-refractivity contribution in [2.75, 3.05) is 6.61 Å². The quantitative estimate of drug-likeness (QED) is 0.483. The molecule has 0 radical (unpaired) electrons. The Kier molecular flexibility index (Phi) is 8.43. The molecule has 0 bridgehead atoms. The third-order valence-corrected chi connectivity index (χ3v) is 0.627. The fourth-order valence-corrected chi connectivity index (χ4v) is 0.0956. The molecule has 0 aromatic carbocycles. The number of carbonyl (C=O) groups is 3. The Labute approximate surface area is 68.4 Å². The molecule has 0 spiro atoms. The van der Waals surface area contributed by atoms with Crippen molar-refractivity contribution in [2.45, 2.75) is 13.3 Å². The Morgan fingerprint density at radius 2 is 1.50 bits per heavy atom. The van der Waals surface area contributed by atoms with Crippen molar-refractivity contribution in [3.05, 3.63) is 0 Å². The Morgan fingerprint density at radius 1 is 1.17 bits per heavy atom. The van der Waals surface area contributed by atoms with Gasteiger partial charge in [0.15, 0.2) is 0 Å². The van der Waals surface area contributed by atoms with Gasteiger partial charge in [-0.2, -0.15) is 0 Å². The number of carboxylic acids is 2. The van der Waals surface area contributed by atoms with Gasteiger partial charge in [0.25, 0.3) is 0 Å². The van der Waals surface area contributed by atoms with E-state index in [9.17, 15) is 14.4 Å². The maximum Gasteiger partial charge on any atom is 0.371 e. The van der Waals surface area contributed by atoms with Gasteiger partial charge in [-0.1, -0.05) is 0 Å². The topological polar surface area (TPSA) is 112 Å². The molecular formula is C6H10O6. The molecule has 0 atom stereocenters. The van der Waals surface area contributed by atoms with Crippen LogP contribution in [-0.2, 0) is 14.4 Å². The number of hydrogen-bond acceptors (Lipinski definition) is 4. The molecule has 0 fully saturated rings. The van der Waals surface area contributed by atoms with Crippen LogP contribution in [0.2, 0.25) is 0 Å². The van der Waals surface area contributed by atoms with Gasteiger partial charge in [0.1, 0.15) is 0 Å². The number of hydrogen-bond donors (Lipinski definition) is 3. The number of ketones is 1. The maximum atomic E-state index is 9.54. The third-order valence-electron chi connectivity index (χ3n) is 0.627. The minimum absolute atomic E-state index is 0.153. The van der Waals surface area contributed by atoms with Crippen molar-refractivity contribution in [3.8, 4) is 0 Å². The Hall–Kier alpha value is -1.43. The van der Waals surface area contributed by atoms with Crippen molar-refractivity contribution in [2.24, 2.45) is 0 Å². The van der Waals surface area contributed by atoms with E-state index in [0.29, 0.717) is 0 Å². The predicted octanol–water partition coefficient (Wildman–Crippen LogP) is -0.887. The molecule has 0 aliphatic heterocycles. The number of carbonyl (C=O) groups excluding carboxylic acids is 1. The van der Waals surface area contributed by atoms with Gasteiger partial charge in [-0.3, -0.25) is 9.59 Å². The summed E-state index contributed by atoms with van der Waals surface area (Å²) < 4.78 is 0. The van der Waals surface area contributed by atoms with Gasteiger partial charge in [0.2, 0.25) is 5.78 Å².